The average Bonchev–Trinajstić information content (AvgIpc) is 3.15. The molecule has 0 unspecified atom stereocenters. The van der Waals surface area contributed by atoms with Crippen molar-refractivity contribution in [3.8, 4) is 5.75 Å². The van der Waals surface area contributed by atoms with E-state index in [9.17, 15) is 14.4 Å². The maximum Gasteiger partial charge on any atom is 0.331 e. The Morgan fingerprint density at radius 1 is 0.968 bits per heavy atom. The number of benzene rings is 3. The van der Waals surface area contributed by atoms with E-state index in [1.807, 2.05) is 36.4 Å². The predicted octanol–water partition coefficient (Wildman–Crippen LogP) is 3.21. The molecule has 4 aromatic rings. The summed E-state index contributed by atoms with van der Waals surface area (Å²) in [6.07, 6.45) is 2.90. The molecule has 0 aliphatic carbocycles. The Morgan fingerprint density at radius 2 is 1.74 bits per heavy atom. The number of hydrogen-bond acceptors (Lipinski definition) is 5. The zero-order valence-electron chi connectivity index (χ0n) is 16.6. The molecule has 3 aromatic carbocycles. The molecular formula is C23H19N3O5. The van der Waals surface area contributed by atoms with Crippen LogP contribution in [0.3, 0.4) is 0 Å². The molecule has 1 heterocycles. The Morgan fingerprint density at radius 3 is 2.58 bits per heavy atom. The van der Waals surface area contributed by atoms with Gasteiger partial charge in [0.1, 0.15) is 5.75 Å². The molecule has 3 N–H and O–H groups in total. The number of carbonyl (C=O) groups is 2. The van der Waals surface area contributed by atoms with E-state index < -0.39 is 18.5 Å². The number of amides is 1. The quantitative estimate of drug-likeness (QED) is 0.329. The van der Waals surface area contributed by atoms with Crippen LogP contribution in [0.5, 0.6) is 5.75 Å². The third-order valence-electron chi connectivity index (χ3n) is 4.63. The molecule has 8 heteroatoms. The largest absolute Gasteiger partial charge is 0.497 e. The van der Waals surface area contributed by atoms with E-state index in [1.54, 1.807) is 31.4 Å². The van der Waals surface area contributed by atoms with Gasteiger partial charge in [0.05, 0.1) is 18.1 Å². The molecule has 0 spiro atoms. The first-order chi connectivity index (χ1) is 15.0. The van der Waals surface area contributed by atoms with E-state index in [-0.39, 0.29) is 5.69 Å². The fourth-order valence-corrected chi connectivity index (χ4v) is 3.13. The van der Waals surface area contributed by atoms with Crippen molar-refractivity contribution in [1.29, 1.82) is 0 Å². The maximum atomic E-state index is 12.0. The van der Waals surface area contributed by atoms with Crippen molar-refractivity contribution in [3.05, 3.63) is 76.7 Å². The highest BCUT2D eigenvalue weighted by atomic mass is 16.5. The monoisotopic (exact) mass is 417 g/mol. The molecule has 0 radical (unpaired) electrons. The number of aromatic nitrogens is 2. The highest BCUT2D eigenvalue weighted by Crippen LogP contribution is 2.22. The summed E-state index contributed by atoms with van der Waals surface area (Å²) in [4.78, 5) is 40.5. The number of H-pyrrole nitrogens is 2. The van der Waals surface area contributed by atoms with E-state index in [1.165, 1.54) is 6.08 Å². The van der Waals surface area contributed by atoms with Gasteiger partial charge in [0.25, 0.3) is 5.91 Å². The molecular weight excluding hydrogens is 398 g/mol. The van der Waals surface area contributed by atoms with Gasteiger partial charge in [-0.2, -0.15) is 0 Å². The van der Waals surface area contributed by atoms with Crippen LogP contribution in [-0.4, -0.2) is 35.6 Å². The lowest BCUT2D eigenvalue weighted by Crippen LogP contribution is -2.20. The van der Waals surface area contributed by atoms with Crippen molar-refractivity contribution in [1.82, 2.24) is 9.97 Å². The average molecular weight is 417 g/mol. The lowest BCUT2D eigenvalue weighted by Gasteiger charge is -2.05. The molecule has 8 nitrogen and oxygen atoms in total. The van der Waals surface area contributed by atoms with Crippen LogP contribution in [-0.2, 0) is 14.3 Å². The normalized spacial score (nSPS) is 11.1. The topological polar surface area (TPSA) is 113 Å². The van der Waals surface area contributed by atoms with Crippen molar-refractivity contribution < 1.29 is 19.1 Å². The number of imidazole rings is 1. The van der Waals surface area contributed by atoms with E-state index in [4.69, 9.17) is 9.47 Å². The number of fused-ring (bicyclic) bond motifs is 2. The van der Waals surface area contributed by atoms with Gasteiger partial charge in [0, 0.05) is 11.8 Å². The van der Waals surface area contributed by atoms with Crippen LogP contribution in [0, 0.1) is 0 Å². The minimum atomic E-state index is -0.629. The summed E-state index contributed by atoms with van der Waals surface area (Å²) in [7, 11) is 1.62. The number of aromatic amines is 2. The first-order valence-electron chi connectivity index (χ1n) is 9.45. The molecule has 4 rings (SSSR count). The molecule has 0 saturated heterocycles. The molecule has 156 valence electrons. The number of esters is 1. The first-order valence-corrected chi connectivity index (χ1v) is 9.45. The van der Waals surface area contributed by atoms with Crippen LogP contribution in [0.2, 0.25) is 0 Å². The summed E-state index contributed by atoms with van der Waals surface area (Å²) in [5.41, 5.74) is 2.18. The van der Waals surface area contributed by atoms with Gasteiger partial charge < -0.3 is 24.8 Å². The van der Waals surface area contributed by atoms with Crippen LogP contribution in [0.15, 0.2) is 65.5 Å². The number of anilines is 1. The number of rotatable bonds is 6. The Balaban J connectivity index is 1.32. The van der Waals surface area contributed by atoms with Crippen LogP contribution in [0.1, 0.15) is 5.56 Å². The summed E-state index contributed by atoms with van der Waals surface area (Å²) in [5, 5.41) is 4.65. The van der Waals surface area contributed by atoms with E-state index in [0.29, 0.717) is 16.7 Å². The summed E-state index contributed by atoms with van der Waals surface area (Å²) in [5.74, 6) is -0.340. The number of ether oxygens (including phenoxy) is 2. The van der Waals surface area contributed by atoms with Crippen LogP contribution in [0.4, 0.5) is 5.69 Å². The second-order valence-electron chi connectivity index (χ2n) is 6.80. The van der Waals surface area contributed by atoms with Gasteiger partial charge >= 0.3 is 11.7 Å². The SMILES string of the molecule is COc1ccc2cc(/C=C/C(=O)OCC(=O)Nc3ccc4[nH]c(=O)[nH]c4c3)ccc2c1. The Bertz CT molecular complexity index is 1370. The zero-order chi connectivity index (χ0) is 21.8. The smallest absolute Gasteiger partial charge is 0.331 e. The minimum absolute atomic E-state index is 0.328. The van der Waals surface area contributed by atoms with Crippen LogP contribution >= 0.6 is 0 Å². The van der Waals surface area contributed by atoms with Gasteiger partial charge in [-0.25, -0.2) is 9.59 Å². The van der Waals surface area contributed by atoms with Gasteiger partial charge in [0.2, 0.25) is 0 Å². The molecule has 1 amide bonds. The van der Waals surface area contributed by atoms with Gasteiger partial charge in [-0.3, -0.25) is 4.79 Å². The maximum absolute atomic E-state index is 12.0. The van der Waals surface area contributed by atoms with Crippen LogP contribution in [0.25, 0.3) is 27.9 Å². The third kappa shape index (κ3) is 4.81. The molecule has 0 fully saturated rings. The highest BCUT2D eigenvalue weighted by Gasteiger charge is 2.07. The molecule has 0 aliphatic rings. The highest BCUT2D eigenvalue weighted by molar-refractivity contribution is 5.96. The minimum Gasteiger partial charge on any atom is -0.497 e. The van der Waals surface area contributed by atoms with Crippen molar-refractivity contribution in [2.75, 3.05) is 19.0 Å². The van der Waals surface area contributed by atoms with Gasteiger partial charge in [0.15, 0.2) is 6.61 Å². The summed E-state index contributed by atoms with van der Waals surface area (Å²) >= 11 is 0. The summed E-state index contributed by atoms with van der Waals surface area (Å²) in [6, 6.07) is 16.4. The first kappa shape index (κ1) is 20.0. The number of carbonyl (C=O) groups excluding carboxylic acids is 2. The van der Waals surface area contributed by atoms with Crippen LogP contribution < -0.4 is 15.7 Å². The Hall–Kier alpha value is -4.33. The van der Waals surface area contributed by atoms with Gasteiger partial charge in [-0.1, -0.05) is 18.2 Å². The van der Waals surface area contributed by atoms with Gasteiger partial charge in [-0.15, -0.1) is 0 Å². The van der Waals surface area contributed by atoms with E-state index in [2.05, 4.69) is 15.3 Å². The fourth-order valence-electron chi connectivity index (χ4n) is 3.13. The fraction of sp³-hybridized carbons (Fsp3) is 0.0870. The number of methoxy groups -OCH3 is 1. The Labute approximate surface area is 176 Å². The molecule has 0 aliphatic heterocycles. The van der Waals surface area contributed by atoms with Crippen molar-refractivity contribution in [2.45, 2.75) is 0 Å². The standard InChI is InChI=1S/C23H19N3O5/c1-30-18-7-5-15-10-14(2-4-16(15)11-18)3-9-22(28)31-13-21(27)24-17-6-8-19-20(12-17)26-23(29)25-19/h2-12H,13H2,1H3,(H,24,27)(H2,25,26,29)/b9-3+. The molecule has 0 bridgehead atoms. The molecule has 0 saturated carbocycles. The molecule has 31 heavy (non-hydrogen) atoms. The summed E-state index contributed by atoms with van der Waals surface area (Å²) in [6.45, 7) is -0.428. The van der Waals surface area contributed by atoms with E-state index >= 15 is 0 Å². The van der Waals surface area contributed by atoms with Crippen molar-refractivity contribution in [2.24, 2.45) is 0 Å². The lowest BCUT2D eigenvalue weighted by atomic mass is 10.1. The number of nitrogens with one attached hydrogen (secondary N) is 3. The predicted molar refractivity (Wildman–Crippen MR) is 118 cm³/mol. The zero-order valence-corrected chi connectivity index (χ0v) is 16.6. The second-order valence-corrected chi connectivity index (χ2v) is 6.80. The Kier molecular flexibility index (Phi) is 5.53. The molecule has 0 atom stereocenters. The lowest BCUT2D eigenvalue weighted by molar-refractivity contribution is -0.142. The van der Waals surface area contributed by atoms with Crippen molar-refractivity contribution in [3.63, 3.8) is 0 Å². The second kappa shape index (κ2) is 8.58. The van der Waals surface area contributed by atoms with Gasteiger partial charge in [-0.05, 0) is 58.8 Å². The van der Waals surface area contributed by atoms with Crippen molar-refractivity contribution >= 4 is 45.4 Å². The molecule has 1 aromatic heterocycles. The van der Waals surface area contributed by atoms with E-state index in [0.717, 1.165) is 22.1 Å². The number of hydrogen-bond donors (Lipinski definition) is 3. The summed E-state index contributed by atoms with van der Waals surface area (Å²) < 4.78 is 10.2. The third-order valence-corrected chi connectivity index (χ3v) is 4.63.